The van der Waals surface area contributed by atoms with Gasteiger partial charge in [0.25, 0.3) is 0 Å². The van der Waals surface area contributed by atoms with Gasteiger partial charge in [-0.2, -0.15) is 0 Å². The monoisotopic (exact) mass is 226 g/mol. The summed E-state index contributed by atoms with van der Waals surface area (Å²) in [6.45, 7) is 7.34. The van der Waals surface area contributed by atoms with E-state index >= 15 is 0 Å². The molecule has 0 amide bonds. The lowest BCUT2D eigenvalue weighted by molar-refractivity contribution is -0.126. The summed E-state index contributed by atoms with van der Waals surface area (Å²) in [4.78, 5) is 16.7. The number of carbonyl (C=O) groups excluding carboxylic acids is 1. The number of hydrogen-bond donors (Lipinski definition) is 0. The number of nitrogens with zero attached hydrogens (tertiary/aromatic N) is 2. The Morgan fingerprint density at radius 3 is 2.44 bits per heavy atom. The molecule has 1 atom stereocenters. The van der Waals surface area contributed by atoms with Crippen molar-refractivity contribution in [3.8, 4) is 0 Å². The third kappa shape index (κ3) is 3.56. The Kier molecular flexibility index (Phi) is 5.42. The molecule has 0 spiro atoms. The van der Waals surface area contributed by atoms with Crippen molar-refractivity contribution in [2.45, 2.75) is 39.2 Å². The van der Waals surface area contributed by atoms with Crippen LogP contribution in [0.4, 0.5) is 0 Å². The highest BCUT2D eigenvalue weighted by atomic mass is 16.1. The summed E-state index contributed by atoms with van der Waals surface area (Å²) in [5, 5.41) is 0. The van der Waals surface area contributed by atoms with Crippen molar-refractivity contribution in [1.82, 2.24) is 9.80 Å². The van der Waals surface area contributed by atoms with Crippen LogP contribution in [0.2, 0.25) is 0 Å². The van der Waals surface area contributed by atoms with E-state index in [9.17, 15) is 4.79 Å². The summed E-state index contributed by atoms with van der Waals surface area (Å²) >= 11 is 0. The minimum Gasteiger partial charge on any atom is -0.303 e. The van der Waals surface area contributed by atoms with E-state index in [0.29, 0.717) is 11.7 Å². The number of carbonyl (C=O) groups is 1. The fraction of sp³-hybridized carbons (Fsp3) is 0.923. The van der Waals surface area contributed by atoms with Crippen LogP contribution in [0.5, 0.6) is 0 Å². The average molecular weight is 226 g/mol. The van der Waals surface area contributed by atoms with Crippen molar-refractivity contribution in [1.29, 1.82) is 0 Å². The van der Waals surface area contributed by atoms with E-state index in [1.54, 1.807) is 0 Å². The second kappa shape index (κ2) is 6.36. The van der Waals surface area contributed by atoms with Gasteiger partial charge in [-0.1, -0.05) is 26.7 Å². The third-order valence-corrected chi connectivity index (χ3v) is 3.87. The fourth-order valence-electron chi connectivity index (χ4n) is 2.36. The van der Waals surface area contributed by atoms with Gasteiger partial charge >= 0.3 is 0 Å². The predicted octanol–water partition coefficient (Wildman–Crippen LogP) is 1.63. The quantitative estimate of drug-likeness (QED) is 0.712. The van der Waals surface area contributed by atoms with E-state index in [-0.39, 0.29) is 6.04 Å². The molecule has 0 bridgehead atoms. The lowest BCUT2D eigenvalue weighted by Crippen LogP contribution is -2.53. The minimum absolute atomic E-state index is 0.124. The van der Waals surface area contributed by atoms with E-state index in [1.165, 1.54) is 0 Å². The van der Waals surface area contributed by atoms with Crippen LogP contribution in [0.25, 0.3) is 0 Å². The molecule has 0 N–H and O–H groups in total. The summed E-state index contributed by atoms with van der Waals surface area (Å²) in [7, 11) is 4.17. The molecule has 1 fully saturated rings. The first kappa shape index (κ1) is 13.7. The molecular formula is C13H26N2O. The van der Waals surface area contributed by atoms with Crippen molar-refractivity contribution in [2.75, 3.05) is 33.7 Å². The molecule has 3 heteroatoms. The Labute approximate surface area is 99.8 Å². The topological polar surface area (TPSA) is 23.6 Å². The maximum atomic E-state index is 12.2. The molecule has 0 saturated carbocycles. The molecule has 0 aliphatic carbocycles. The Balaban J connectivity index is 2.51. The van der Waals surface area contributed by atoms with Crippen molar-refractivity contribution >= 4 is 5.78 Å². The lowest BCUT2D eigenvalue weighted by atomic mass is 9.93. The number of piperazine rings is 1. The van der Waals surface area contributed by atoms with Gasteiger partial charge in [-0.3, -0.25) is 9.69 Å². The first-order valence-corrected chi connectivity index (χ1v) is 6.49. The van der Waals surface area contributed by atoms with E-state index in [0.717, 1.165) is 38.9 Å². The molecule has 1 heterocycles. The van der Waals surface area contributed by atoms with E-state index in [4.69, 9.17) is 0 Å². The van der Waals surface area contributed by atoms with Gasteiger partial charge < -0.3 is 4.90 Å². The fourth-order valence-corrected chi connectivity index (χ4v) is 2.36. The summed E-state index contributed by atoms with van der Waals surface area (Å²) in [6.07, 6.45) is 3.00. The summed E-state index contributed by atoms with van der Waals surface area (Å²) in [5.74, 6) is 1.01. The highest BCUT2D eigenvalue weighted by Crippen LogP contribution is 2.17. The first-order chi connectivity index (χ1) is 7.58. The number of hydrogen-bond acceptors (Lipinski definition) is 3. The van der Waals surface area contributed by atoms with Gasteiger partial charge in [0.15, 0.2) is 5.78 Å². The molecule has 0 aromatic rings. The molecule has 1 aliphatic heterocycles. The van der Waals surface area contributed by atoms with Crippen molar-refractivity contribution in [3.05, 3.63) is 0 Å². The number of rotatable bonds is 5. The Morgan fingerprint density at radius 1 is 1.25 bits per heavy atom. The van der Waals surface area contributed by atoms with Gasteiger partial charge in [-0.15, -0.1) is 0 Å². The second-order valence-corrected chi connectivity index (χ2v) is 5.11. The average Bonchev–Trinajstić information content (AvgIpc) is 2.28. The Hall–Kier alpha value is -0.410. The second-order valence-electron chi connectivity index (χ2n) is 5.11. The summed E-state index contributed by atoms with van der Waals surface area (Å²) < 4.78 is 0. The predicted molar refractivity (Wildman–Crippen MR) is 67.6 cm³/mol. The summed E-state index contributed by atoms with van der Waals surface area (Å²) in [5.41, 5.74) is 0. The molecule has 0 radical (unpaired) electrons. The van der Waals surface area contributed by atoms with E-state index in [2.05, 4.69) is 37.7 Å². The largest absolute Gasteiger partial charge is 0.303 e. The van der Waals surface area contributed by atoms with Gasteiger partial charge in [-0.25, -0.2) is 0 Å². The molecule has 0 aromatic heterocycles. The van der Waals surface area contributed by atoms with Crippen LogP contribution in [0.3, 0.4) is 0 Å². The van der Waals surface area contributed by atoms with E-state index < -0.39 is 0 Å². The zero-order chi connectivity index (χ0) is 12.1. The first-order valence-electron chi connectivity index (χ1n) is 6.49. The Bertz CT molecular complexity index is 226. The zero-order valence-corrected chi connectivity index (χ0v) is 11.2. The van der Waals surface area contributed by atoms with Gasteiger partial charge in [0.1, 0.15) is 0 Å². The van der Waals surface area contributed by atoms with Gasteiger partial charge in [0, 0.05) is 26.1 Å². The lowest BCUT2D eigenvalue weighted by Gasteiger charge is -2.37. The highest BCUT2D eigenvalue weighted by molar-refractivity contribution is 5.84. The number of ketones is 1. The molecular weight excluding hydrogens is 200 g/mol. The normalized spacial score (nSPS) is 23.9. The van der Waals surface area contributed by atoms with Crippen LogP contribution < -0.4 is 0 Å². The van der Waals surface area contributed by atoms with Crippen LogP contribution in [-0.4, -0.2) is 55.4 Å². The van der Waals surface area contributed by atoms with Crippen molar-refractivity contribution in [3.63, 3.8) is 0 Å². The molecule has 1 aliphatic rings. The molecule has 1 saturated heterocycles. The van der Waals surface area contributed by atoms with Crippen molar-refractivity contribution < 1.29 is 4.79 Å². The molecule has 3 nitrogen and oxygen atoms in total. The van der Waals surface area contributed by atoms with Crippen LogP contribution in [0.1, 0.15) is 33.1 Å². The minimum atomic E-state index is 0.124. The zero-order valence-electron chi connectivity index (χ0n) is 11.2. The van der Waals surface area contributed by atoms with Crippen molar-refractivity contribution in [2.24, 2.45) is 5.92 Å². The maximum absolute atomic E-state index is 12.2. The third-order valence-electron chi connectivity index (χ3n) is 3.87. The standard InChI is InChI=1S/C13H26N2O/c1-5-11(6-2)9-13(16)12-10-14(3)7-8-15(12)4/h11-12H,5-10H2,1-4H3. The number of likely N-dealkylation sites (N-methyl/N-ethyl adjacent to an activating group) is 2. The molecule has 0 aromatic carbocycles. The summed E-state index contributed by atoms with van der Waals surface area (Å²) in [6, 6.07) is 0.124. The van der Waals surface area contributed by atoms with Crippen LogP contribution in [-0.2, 0) is 4.79 Å². The molecule has 16 heavy (non-hydrogen) atoms. The van der Waals surface area contributed by atoms with Crippen LogP contribution in [0.15, 0.2) is 0 Å². The smallest absolute Gasteiger partial charge is 0.151 e. The molecule has 1 rings (SSSR count). The molecule has 94 valence electrons. The van der Waals surface area contributed by atoms with Crippen LogP contribution >= 0.6 is 0 Å². The maximum Gasteiger partial charge on any atom is 0.151 e. The van der Waals surface area contributed by atoms with Gasteiger partial charge in [0.2, 0.25) is 0 Å². The Morgan fingerprint density at radius 2 is 1.88 bits per heavy atom. The molecule has 1 unspecified atom stereocenters. The van der Waals surface area contributed by atoms with Gasteiger partial charge in [0.05, 0.1) is 6.04 Å². The van der Waals surface area contributed by atoms with Crippen LogP contribution in [0, 0.1) is 5.92 Å². The highest BCUT2D eigenvalue weighted by Gasteiger charge is 2.28. The number of Topliss-reactive ketones (excluding diaryl/α,β-unsaturated/α-hetero) is 1. The van der Waals surface area contributed by atoms with Gasteiger partial charge in [-0.05, 0) is 20.0 Å². The SMILES string of the molecule is CCC(CC)CC(=O)C1CN(C)CCN1C. The van der Waals surface area contributed by atoms with E-state index in [1.807, 2.05) is 0 Å².